The Morgan fingerprint density at radius 1 is 1.65 bits per heavy atom. The van der Waals surface area contributed by atoms with E-state index in [1.54, 1.807) is 11.3 Å². The summed E-state index contributed by atoms with van der Waals surface area (Å²) in [5.41, 5.74) is 9.53. The van der Waals surface area contributed by atoms with Gasteiger partial charge in [0.15, 0.2) is 0 Å². The Balaban J connectivity index is 1.81. The molecule has 0 aliphatic carbocycles. The number of hydrogen-bond acceptors (Lipinski definition) is 3. The van der Waals surface area contributed by atoms with Crippen molar-refractivity contribution < 1.29 is 4.79 Å². The summed E-state index contributed by atoms with van der Waals surface area (Å²) >= 11 is 1.68. The third-order valence-electron chi connectivity index (χ3n) is 2.95. The summed E-state index contributed by atoms with van der Waals surface area (Å²) in [7, 11) is 0. The Labute approximate surface area is 104 Å². The molecule has 1 aromatic rings. The van der Waals surface area contributed by atoms with Gasteiger partial charge >= 0.3 is 0 Å². The van der Waals surface area contributed by atoms with Crippen LogP contribution < -0.4 is 0 Å². The van der Waals surface area contributed by atoms with Gasteiger partial charge in [-0.1, -0.05) is 5.11 Å². The zero-order chi connectivity index (χ0) is 12.1. The highest BCUT2D eigenvalue weighted by Gasteiger charge is 2.28. The number of amides is 1. The predicted molar refractivity (Wildman–Crippen MR) is 66.7 cm³/mol. The minimum Gasteiger partial charge on any atom is -0.342 e. The number of rotatable bonds is 5. The highest BCUT2D eigenvalue weighted by molar-refractivity contribution is 7.07. The molecule has 1 fully saturated rings. The second-order valence-corrected chi connectivity index (χ2v) is 4.98. The lowest BCUT2D eigenvalue weighted by atomic mass is 10.1. The Bertz CT molecular complexity index is 425. The van der Waals surface area contributed by atoms with Gasteiger partial charge in [-0.25, -0.2) is 0 Å². The van der Waals surface area contributed by atoms with Crippen molar-refractivity contribution >= 4 is 17.2 Å². The minimum absolute atomic E-state index is 0.179. The minimum atomic E-state index is 0.179. The largest absolute Gasteiger partial charge is 0.342 e. The summed E-state index contributed by atoms with van der Waals surface area (Å²) in [4.78, 5) is 16.3. The molecular formula is C11H14N4OS. The van der Waals surface area contributed by atoms with E-state index in [1.807, 2.05) is 10.3 Å². The van der Waals surface area contributed by atoms with Crippen LogP contribution in [0.4, 0.5) is 0 Å². The molecule has 1 aliphatic rings. The first-order valence-corrected chi connectivity index (χ1v) is 6.53. The third-order valence-corrected chi connectivity index (χ3v) is 3.68. The number of carbonyl (C=O) groups is 1. The molecule has 1 aliphatic heterocycles. The molecule has 0 saturated carbocycles. The monoisotopic (exact) mass is 250 g/mol. The van der Waals surface area contributed by atoms with Crippen LogP contribution in [0.15, 0.2) is 21.9 Å². The van der Waals surface area contributed by atoms with E-state index in [2.05, 4.69) is 21.5 Å². The van der Waals surface area contributed by atoms with Crippen molar-refractivity contribution in [2.75, 3.05) is 19.6 Å². The predicted octanol–water partition coefficient (Wildman–Crippen LogP) is 2.45. The number of hydrogen-bond donors (Lipinski definition) is 0. The van der Waals surface area contributed by atoms with E-state index in [-0.39, 0.29) is 11.8 Å². The van der Waals surface area contributed by atoms with Gasteiger partial charge in [0.25, 0.3) is 0 Å². The van der Waals surface area contributed by atoms with Crippen molar-refractivity contribution in [3.05, 3.63) is 32.8 Å². The van der Waals surface area contributed by atoms with E-state index in [9.17, 15) is 4.79 Å². The van der Waals surface area contributed by atoms with Crippen molar-refractivity contribution in [2.45, 2.75) is 12.8 Å². The van der Waals surface area contributed by atoms with Gasteiger partial charge in [-0.2, -0.15) is 11.3 Å². The molecule has 2 heterocycles. The van der Waals surface area contributed by atoms with Crippen molar-refractivity contribution in [3.8, 4) is 0 Å². The first-order chi connectivity index (χ1) is 8.29. The van der Waals surface area contributed by atoms with Gasteiger partial charge in [0.2, 0.25) is 5.91 Å². The summed E-state index contributed by atoms with van der Waals surface area (Å²) in [6, 6.07) is 2.09. The molecule has 1 unspecified atom stereocenters. The molecule has 0 bridgehead atoms. The van der Waals surface area contributed by atoms with E-state index in [0.717, 1.165) is 19.5 Å². The molecule has 6 heteroatoms. The van der Waals surface area contributed by atoms with E-state index in [4.69, 9.17) is 5.53 Å². The average molecular weight is 250 g/mol. The first-order valence-electron chi connectivity index (χ1n) is 5.59. The Morgan fingerprint density at radius 2 is 2.53 bits per heavy atom. The lowest BCUT2D eigenvalue weighted by molar-refractivity contribution is -0.127. The normalized spacial score (nSPS) is 19.4. The van der Waals surface area contributed by atoms with Gasteiger partial charge in [-0.15, -0.1) is 0 Å². The Morgan fingerprint density at radius 3 is 3.24 bits per heavy atom. The van der Waals surface area contributed by atoms with E-state index in [1.165, 1.54) is 5.56 Å². The standard InChI is InChI=1S/C11H14N4OS/c12-14-13-6-10-5-11(16)15(7-10)3-1-9-2-4-17-8-9/h2,4,8,10H,1,3,5-7H2. The quantitative estimate of drug-likeness (QED) is 0.449. The third kappa shape index (κ3) is 3.22. The van der Waals surface area contributed by atoms with Crippen LogP contribution in [-0.4, -0.2) is 30.4 Å². The topological polar surface area (TPSA) is 69.1 Å². The number of carbonyl (C=O) groups excluding carboxylic acids is 1. The second-order valence-electron chi connectivity index (χ2n) is 4.20. The van der Waals surface area contributed by atoms with E-state index >= 15 is 0 Å². The van der Waals surface area contributed by atoms with Gasteiger partial charge in [-0.05, 0) is 40.3 Å². The van der Waals surface area contributed by atoms with Crippen LogP contribution in [0.1, 0.15) is 12.0 Å². The van der Waals surface area contributed by atoms with Crippen LogP contribution in [0.2, 0.25) is 0 Å². The molecule has 90 valence electrons. The summed E-state index contributed by atoms with van der Waals surface area (Å²) < 4.78 is 0. The fraction of sp³-hybridized carbons (Fsp3) is 0.545. The summed E-state index contributed by atoms with van der Waals surface area (Å²) in [6.45, 7) is 1.92. The fourth-order valence-corrected chi connectivity index (χ4v) is 2.75. The molecule has 1 aromatic heterocycles. The Hall–Kier alpha value is -1.52. The number of thiophene rings is 1. The van der Waals surface area contributed by atoms with Crippen LogP contribution >= 0.6 is 11.3 Å². The molecule has 1 saturated heterocycles. The average Bonchev–Trinajstić information content (AvgIpc) is 2.93. The molecule has 17 heavy (non-hydrogen) atoms. The zero-order valence-electron chi connectivity index (χ0n) is 9.45. The first kappa shape index (κ1) is 12.0. The van der Waals surface area contributed by atoms with Crippen molar-refractivity contribution in [1.29, 1.82) is 0 Å². The van der Waals surface area contributed by atoms with Gasteiger partial charge in [0.1, 0.15) is 0 Å². The summed E-state index contributed by atoms with van der Waals surface area (Å²) in [6.07, 6.45) is 1.42. The smallest absolute Gasteiger partial charge is 0.222 e. The Kier molecular flexibility index (Phi) is 4.01. The number of azide groups is 1. The molecule has 0 N–H and O–H groups in total. The van der Waals surface area contributed by atoms with E-state index in [0.29, 0.717) is 13.0 Å². The highest BCUT2D eigenvalue weighted by Crippen LogP contribution is 2.19. The van der Waals surface area contributed by atoms with Crippen LogP contribution in [0.5, 0.6) is 0 Å². The zero-order valence-corrected chi connectivity index (χ0v) is 10.3. The van der Waals surface area contributed by atoms with Gasteiger partial charge in [0, 0.05) is 31.0 Å². The van der Waals surface area contributed by atoms with Gasteiger partial charge in [0.05, 0.1) is 0 Å². The molecule has 5 nitrogen and oxygen atoms in total. The lowest BCUT2D eigenvalue weighted by Crippen LogP contribution is -2.27. The van der Waals surface area contributed by atoms with Gasteiger partial charge < -0.3 is 4.90 Å². The number of nitrogens with zero attached hydrogens (tertiary/aromatic N) is 4. The number of likely N-dealkylation sites (tertiary alicyclic amines) is 1. The van der Waals surface area contributed by atoms with Gasteiger partial charge in [-0.3, -0.25) is 4.79 Å². The van der Waals surface area contributed by atoms with Crippen LogP contribution in [0.3, 0.4) is 0 Å². The summed E-state index contributed by atoms with van der Waals surface area (Å²) in [5, 5.41) is 7.69. The van der Waals surface area contributed by atoms with Crippen LogP contribution in [0, 0.1) is 5.92 Å². The molecule has 2 rings (SSSR count). The van der Waals surface area contributed by atoms with E-state index < -0.39 is 0 Å². The summed E-state index contributed by atoms with van der Waals surface area (Å²) in [5.74, 6) is 0.374. The molecular weight excluding hydrogens is 236 g/mol. The van der Waals surface area contributed by atoms with Crippen LogP contribution in [0.25, 0.3) is 10.4 Å². The van der Waals surface area contributed by atoms with Crippen LogP contribution in [-0.2, 0) is 11.2 Å². The second kappa shape index (κ2) is 5.70. The molecule has 0 aromatic carbocycles. The lowest BCUT2D eigenvalue weighted by Gasteiger charge is -2.15. The maximum Gasteiger partial charge on any atom is 0.222 e. The maximum atomic E-state index is 11.7. The molecule has 1 amide bonds. The molecule has 0 radical (unpaired) electrons. The van der Waals surface area contributed by atoms with Crippen molar-refractivity contribution in [3.63, 3.8) is 0 Å². The van der Waals surface area contributed by atoms with Crippen molar-refractivity contribution in [2.24, 2.45) is 11.0 Å². The fourth-order valence-electron chi connectivity index (χ4n) is 2.04. The molecule has 1 atom stereocenters. The maximum absolute atomic E-state index is 11.7. The van der Waals surface area contributed by atoms with Crippen molar-refractivity contribution in [1.82, 2.24) is 4.90 Å². The highest BCUT2D eigenvalue weighted by atomic mass is 32.1. The SMILES string of the molecule is [N-]=[N+]=NCC1CC(=O)N(CCc2ccsc2)C1. The molecule has 0 spiro atoms.